The predicted molar refractivity (Wildman–Crippen MR) is 136 cm³/mol. The Hall–Kier alpha value is -2.48. The summed E-state index contributed by atoms with van der Waals surface area (Å²) in [7, 11) is -2.36. The standard InChI is InChI=1S/C25H22BrClN2O3S/c1-32-24-11-8-17(27)13-23(24)29-33(30,31)18-9-10-22-21(14-18)19-6-3-7-20(19)25(28-22)15-4-2-5-16(26)12-15/h2-6,8-14,19-20,25,28-29H,7H2,1H3/t19-,20+,25+/m0/s1. The maximum atomic E-state index is 13.2. The molecule has 3 aromatic rings. The van der Waals surface area contributed by atoms with Crippen LogP contribution in [0.25, 0.3) is 0 Å². The van der Waals surface area contributed by atoms with Gasteiger partial charge in [-0.25, -0.2) is 8.42 Å². The van der Waals surface area contributed by atoms with Gasteiger partial charge in [-0.1, -0.05) is 51.8 Å². The zero-order valence-electron chi connectivity index (χ0n) is 17.8. The number of ether oxygens (including phenoxy) is 1. The molecule has 0 fully saturated rings. The summed E-state index contributed by atoms with van der Waals surface area (Å²) in [6.45, 7) is 0. The van der Waals surface area contributed by atoms with Crippen LogP contribution in [0.3, 0.4) is 0 Å². The van der Waals surface area contributed by atoms with E-state index in [9.17, 15) is 8.42 Å². The minimum atomic E-state index is -3.84. The van der Waals surface area contributed by atoms with Crippen molar-refractivity contribution in [3.05, 3.63) is 93.4 Å². The normalized spacial score (nSPS) is 21.1. The van der Waals surface area contributed by atoms with Gasteiger partial charge < -0.3 is 10.1 Å². The molecule has 0 saturated carbocycles. The van der Waals surface area contributed by atoms with Crippen molar-refractivity contribution in [2.45, 2.75) is 23.3 Å². The molecule has 2 aliphatic rings. The van der Waals surface area contributed by atoms with Crippen molar-refractivity contribution >= 4 is 48.9 Å². The third kappa shape index (κ3) is 4.25. The second kappa shape index (κ2) is 8.70. The number of allylic oxidation sites excluding steroid dienone is 2. The van der Waals surface area contributed by atoms with E-state index >= 15 is 0 Å². The molecule has 1 aliphatic carbocycles. The summed E-state index contributed by atoms with van der Waals surface area (Å²) < 4.78 is 35.4. The summed E-state index contributed by atoms with van der Waals surface area (Å²) in [5.74, 6) is 0.852. The Kier molecular flexibility index (Phi) is 5.89. The van der Waals surface area contributed by atoms with Gasteiger partial charge in [0.1, 0.15) is 5.75 Å². The second-order valence-electron chi connectivity index (χ2n) is 8.23. The molecule has 0 spiro atoms. The molecule has 0 aromatic heterocycles. The number of fused-ring (bicyclic) bond motifs is 3. The number of anilines is 2. The molecule has 33 heavy (non-hydrogen) atoms. The lowest BCUT2D eigenvalue weighted by Gasteiger charge is -2.37. The van der Waals surface area contributed by atoms with Crippen molar-refractivity contribution < 1.29 is 13.2 Å². The van der Waals surface area contributed by atoms with Crippen LogP contribution in [0, 0.1) is 5.92 Å². The van der Waals surface area contributed by atoms with Crippen LogP contribution in [-0.2, 0) is 10.0 Å². The minimum absolute atomic E-state index is 0.140. The van der Waals surface area contributed by atoms with Gasteiger partial charge >= 0.3 is 0 Å². The zero-order valence-corrected chi connectivity index (χ0v) is 20.9. The molecule has 0 saturated heterocycles. The molecule has 2 N–H and O–H groups in total. The number of halogens is 2. The summed E-state index contributed by atoms with van der Waals surface area (Å²) in [5, 5.41) is 4.07. The van der Waals surface area contributed by atoms with E-state index in [-0.39, 0.29) is 16.9 Å². The van der Waals surface area contributed by atoms with Gasteiger partial charge in [0.15, 0.2) is 0 Å². The van der Waals surface area contributed by atoms with E-state index in [0.29, 0.717) is 22.4 Å². The Labute approximate surface area is 207 Å². The highest BCUT2D eigenvalue weighted by Crippen LogP contribution is 2.50. The van der Waals surface area contributed by atoms with Crippen molar-refractivity contribution in [1.82, 2.24) is 0 Å². The Bertz CT molecular complexity index is 1360. The number of sulfonamides is 1. The van der Waals surface area contributed by atoms with Crippen LogP contribution in [0.1, 0.15) is 29.5 Å². The fourth-order valence-corrected chi connectivity index (χ4v) is 6.42. The zero-order chi connectivity index (χ0) is 23.2. The first-order valence-electron chi connectivity index (χ1n) is 10.5. The molecule has 0 bridgehead atoms. The maximum Gasteiger partial charge on any atom is 0.262 e. The topological polar surface area (TPSA) is 67.4 Å². The van der Waals surface area contributed by atoms with E-state index in [1.165, 1.54) is 18.7 Å². The molecule has 0 unspecified atom stereocenters. The van der Waals surface area contributed by atoms with E-state index in [1.807, 2.05) is 18.2 Å². The molecule has 0 radical (unpaired) electrons. The lowest BCUT2D eigenvalue weighted by molar-refractivity contribution is 0.417. The molecular weight excluding hydrogens is 524 g/mol. The van der Waals surface area contributed by atoms with Gasteiger partial charge in [-0.15, -0.1) is 0 Å². The highest BCUT2D eigenvalue weighted by molar-refractivity contribution is 9.10. The molecule has 5 nitrogen and oxygen atoms in total. The molecule has 1 heterocycles. The first-order valence-corrected chi connectivity index (χ1v) is 13.2. The Morgan fingerprint density at radius 2 is 1.97 bits per heavy atom. The van der Waals surface area contributed by atoms with Gasteiger partial charge in [-0.3, -0.25) is 4.72 Å². The van der Waals surface area contributed by atoms with Crippen molar-refractivity contribution in [3.63, 3.8) is 0 Å². The van der Waals surface area contributed by atoms with Crippen LogP contribution in [0.15, 0.2) is 82.2 Å². The third-order valence-electron chi connectivity index (χ3n) is 6.26. The molecule has 3 atom stereocenters. The van der Waals surface area contributed by atoms with Crippen LogP contribution in [0.5, 0.6) is 5.75 Å². The predicted octanol–water partition coefficient (Wildman–Crippen LogP) is 6.74. The van der Waals surface area contributed by atoms with E-state index < -0.39 is 10.0 Å². The Morgan fingerprint density at radius 1 is 1.12 bits per heavy atom. The number of hydrogen-bond acceptors (Lipinski definition) is 4. The van der Waals surface area contributed by atoms with E-state index in [2.05, 4.69) is 50.3 Å². The molecule has 3 aromatic carbocycles. The van der Waals surface area contributed by atoms with E-state index in [1.54, 1.807) is 24.3 Å². The summed E-state index contributed by atoms with van der Waals surface area (Å²) in [6, 6.07) is 18.5. The first kappa shape index (κ1) is 22.3. The van der Waals surface area contributed by atoms with Gasteiger partial charge in [0.05, 0.1) is 23.7 Å². The number of methoxy groups -OCH3 is 1. The highest BCUT2D eigenvalue weighted by atomic mass is 79.9. The molecule has 8 heteroatoms. The lowest BCUT2D eigenvalue weighted by Crippen LogP contribution is -2.29. The monoisotopic (exact) mass is 544 g/mol. The first-order chi connectivity index (χ1) is 15.9. The highest BCUT2D eigenvalue weighted by Gasteiger charge is 2.38. The summed E-state index contributed by atoms with van der Waals surface area (Å²) >= 11 is 9.64. The number of benzene rings is 3. The molecule has 5 rings (SSSR count). The van der Waals surface area contributed by atoms with Crippen LogP contribution < -0.4 is 14.8 Å². The fraction of sp³-hybridized carbons (Fsp3) is 0.200. The summed E-state index contributed by atoms with van der Waals surface area (Å²) in [5.41, 5.74) is 3.45. The molecule has 170 valence electrons. The average molecular weight is 546 g/mol. The van der Waals surface area contributed by atoms with Gasteiger partial charge in [-0.2, -0.15) is 0 Å². The number of hydrogen-bond donors (Lipinski definition) is 2. The number of nitrogens with one attached hydrogen (secondary N) is 2. The van der Waals surface area contributed by atoms with E-state index in [4.69, 9.17) is 16.3 Å². The van der Waals surface area contributed by atoms with Crippen LogP contribution in [0.2, 0.25) is 5.02 Å². The second-order valence-corrected chi connectivity index (χ2v) is 11.3. The smallest absolute Gasteiger partial charge is 0.262 e. The number of rotatable bonds is 5. The average Bonchev–Trinajstić information content (AvgIpc) is 3.28. The van der Waals surface area contributed by atoms with E-state index in [0.717, 1.165) is 22.1 Å². The quantitative estimate of drug-likeness (QED) is 0.349. The fourth-order valence-electron chi connectivity index (χ4n) is 4.73. The Morgan fingerprint density at radius 3 is 2.76 bits per heavy atom. The van der Waals surface area contributed by atoms with Crippen LogP contribution in [0.4, 0.5) is 11.4 Å². The van der Waals surface area contributed by atoms with Gasteiger partial charge in [0.2, 0.25) is 0 Å². The van der Waals surface area contributed by atoms with Gasteiger partial charge in [0.25, 0.3) is 10.0 Å². The molecular formula is C25H22BrClN2O3S. The lowest BCUT2D eigenvalue weighted by atomic mass is 9.77. The van der Waals surface area contributed by atoms with Crippen molar-refractivity contribution in [2.75, 3.05) is 17.1 Å². The minimum Gasteiger partial charge on any atom is -0.495 e. The third-order valence-corrected chi connectivity index (χ3v) is 8.35. The SMILES string of the molecule is COc1ccc(Cl)cc1NS(=O)(=O)c1ccc2c(c1)[C@H]1C=CC[C@H]1[C@@H](c1cccc(Br)c1)N2. The van der Waals surface area contributed by atoms with Crippen LogP contribution >= 0.6 is 27.5 Å². The summed E-state index contributed by atoms with van der Waals surface area (Å²) in [4.78, 5) is 0.199. The van der Waals surface area contributed by atoms with Gasteiger partial charge in [-0.05, 0) is 72.0 Å². The van der Waals surface area contributed by atoms with Gasteiger partial charge in [0, 0.05) is 21.1 Å². The van der Waals surface area contributed by atoms with Crippen molar-refractivity contribution in [1.29, 1.82) is 0 Å². The largest absolute Gasteiger partial charge is 0.495 e. The molecule has 0 amide bonds. The van der Waals surface area contributed by atoms with Crippen molar-refractivity contribution in [3.8, 4) is 5.75 Å². The van der Waals surface area contributed by atoms with Crippen molar-refractivity contribution in [2.24, 2.45) is 5.92 Å². The maximum absolute atomic E-state index is 13.2. The Balaban J connectivity index is 1.50. The molecule has 1 aliphatic heterocycles. The summed E-state index contributed by atoms with van der Waals surface area (Å²) in [6.07, 6.45) is 5.32. The van der Waals surface area contributed by atoms with Crippen LogP contribution in [-0.4, -0.2) is 15.5 Å².